The molecule has 0 spiro atoms. The molecule has 0 aliphatic carbocycles. The first-order valence-corrected chi connectivity index (χ1v) is 3.98. The largest absolute Gasteiger partial charge is 0.481 e. The van der Waals surface area contributed by atoms with Gasteiger partial charge in [-0.1, -0.05) is 0 Å². The Bertz CT molecular complexity index is 314. The molecule has 1 aromatic rings. The van der Waals surface area contributed by atoms with Gasteiger partial charge in [-0.3, -0.25) is 9.59 Å². The third-order valence-electron chi connectivity index (χ3n) is 1.77. The van der Waals surface area contributed by atoms with E-state index in [1.807, 2.05) is 0 Å². The molecule has 0 bridgehead atoms. The fourth-order valence-corrected chi connectivity index (χ4v) is 1.04. The Kier molecular flexibility index (Phi) is 3.28. The van der Waals surface area contributed by atoms with Gasteiger partial charge in [0.2, 0.25) is 0 Å². The number of methoxy groups -OCH3 is 1. The van der Waals surface area contributed by atoms with E-state index in [2.05, 4.69) is 4.74 Å². The Morgan fingerprint density at radius 1 is 1.64 bits per heavy atom. The number of carbonyl (C=O) groups excluding carboxylic acids is 1. The van der Waals surface area contributed by atoms with Crippen LogP contribution in [-0.2, 0) is 20.7 Å². The van der Waals surface area contributed by atoms with Gasteiger partial charge in [-0.05, 0) is 12.1 Å². The van der Waals surface area contributed by atoms with E-state index in [0.29, 0.717) is 5.76 Å². The number of hydrogen-bond donors (Lipinski definition) is 1. The molecule has 0 amide bonds. The SMILES string of the molecule is COC(=O)[C@@H](Cc1ccco1)C(=O)O. The predicted molar refractivity (Wildman–Crippen MR) is 45.6 cm³/mol. The minimum Gasteiger partial charge on any atom is -0.481 e. The van der Waals surface area contributed by atoms with E-state index in [1.165, 1.54) is 6.26 Å². The van der Waals surface area contributed by atoms with Crippen LogP contribution in [0.15, 0.2) is 22.8 Å². The molecular weight excluding hydrogens is 188 g/mol. The van der Waals surface area contributed by atoms with Crippen molar-refractivity contribution in [1.82, 2.24) is 0 Å². The maximum absolute atomic E-state index is 11.0. The smallest absolute Gasteiger partial charge is 0.320 e. The zero-order chi connectivity index (χ0) is 10.6. The van der Waals surface area contributed by atoms with E-state index in [1.54, 1.807) is 12.1 Å². The average Bonchev–Trinajstić information content (AvgIpc) is 2.65. The first kappa shape index (κ1) is 10.3. The van der Waals surface area contributed by atoms with E-state index in [4.69, 9.17) is 9.52 Å². The number of carboxylic acids is 1. The zero-order valence-electron chi connectivity index (χ0n) is 7.60. The van der Waals surface area contributed by atoms with E-state index < -0.39 is 17.9 Å². The van der Waals surface area contributed by atoms with Crippen LogP contribution in [0.2, 0.25) is 0 Å². The summed E-state index contributed by atoms with van der Waals surface area (Å²) in [6.07, 6.45) is 1.43. The highest BCUT2D eigenvalue weighted by atomic mass is 16.5. The summed E-state index contributed by atoms with van der Waals surface area (Å²) in [7, 11) is 1.15. The molecule has 0 fully saturated rings. The van der Waals surface area contributed by atoms with E-state index >= 15 is 0 Å². The Labute approximate surface area is 80.3 Å². The quantitative estimate of drug-likeness (QED) is 0.569. The van der Waals surface area contributed by atoms with Crippen LogP contribution in [0, 0.1) is 5.92 Å². The van der Waals surface area contributed by atoms with Gasteiger partial charge in [-0.2, -0.15) is 0 Å². The monoisotopic (exact) mass is 198 g/mol. The minimum atomic E-state index is -1.21. The number of furan rings is 1. The molecule has 1 atom stereocenters. The van der Waals surface area contributed by atoms with Crippen molar-refractivity contribution in [2.75, 3.05) is 7.11 Å². The molecule has 0 radical (unpaired) electrons. The molecule has 0 saturated heterocycles. The number of carbonyl (C=O) groups is 2. The van der Waals surface area contributed by atoms with Crippen molar-refractivity contribution in [3.63, 3.8) is 0 Å². The van der Waals surface area contributed by atoms with E-state index in [9.17, 15) is 9.59 Å². The summed E-state index contributed by atoms with van der Waals surface area (Å²) < 4.78 is 9.30. The van der Waals surface area contributed by atoms with Crippen LogP contribution in [0.3, 0.4) is 0 Å². The minimum absolute atomic E-state index is 0.00894. The normalized spacial score (nSPS) is 12.1. The first-order valence-electron chi connectivity index (χ1n) is 3.98. The molecule has 0 aromatic carbocycles. The number of ether oxygens (including phenoxy) is 1. The second-order valence-corrected chi connectivity index (χ2v) is 2.70. The zero-order valence-corrected chi connectivity index (χ0v) is 7.60. The second-order valence-electron chi connectivity index (χ2n) is 2.70. The van der Waals surface area contributed by atoms with Gasteiger partial charge in [0.1, 0.15) is 5.76 Å². The molecule has 0 aliphatic rings. The Balaban J connectivity index is 2.70. The third kappa shape index (κ3) is 2.35. The van der Waals surface area contributed by atoms with E-state index in [-0.39, 0.29) is 6.42 Å². The molecule has 0 unspecified atom stereocenters. The fourth-order valence-electron chi connectivity index (χ4n) is 1.04. The highest BCUT2D eigenvalue weighted by molar-refractivity contribution is 5.94. The van der Waals surface area contributed by atoms with Crippen LogP contribution in [0.4, 0.5) is 0 Å². The highest BCUT2D eigenvalue weighted by Crippen LogP contribution is 2.11. The van der Waals surface area contributed by atoms with Gasteiger partial charge in [-0.15, -0.1) is 0 Å². The summed E-state index contributed by atoms with van der Waals surface area (Å²) in [5, 5.41) is 8.73. The number of rotatable bonds is 4. The van der Waals surface area contributed by atoms with Gasteiger partial charge < -0.3 is 14.3 Å². The molecule has 1 heterocycles. The number of aliphatic carboxylic acids is 1. The van der Waals surface area contributed by atoms with E-state index in [0.717, 1.165) is 7.11 Å². The maximum atomic E-state index is 11.0. The van der Waals surface area contributed by atoms with Crippen LogP contribution in [-0.4, -0.2) is 24.2 Å². The summed E-state index contributed by atoms with van der Waals surface area (Å²) in [6.45, 7) is 0. The summed E-state index contributed by atoms with van der Waals surface area (Å²) in [5.41, 5.74) is 0. The number of esters is 1. The van der Waals surface area contributed by atoms with Gasteiger partial charge in [0.15, 0.2) is 5.92 Å². The van der Waals surface area contributed by atoms with Crippen molar-refractivity contribution in [1.29, 1.82) is 0 Å². The summed E-state index contributed by atoms with van der Waals surface area (Å²) in [4.78, 5) is 21.7. The predicted octanol–water partition coefficient (Wildman–Crippen LogP) is 0.696. The van der Waals surface area contributed by atoms with Crippen molar-refractivity contribution in [3.05, 3.63) is 24.2 Å². The Morgan fingerprint density at radius 2 is 2.36 bits per heavy atom. The van der Waals surface area contributed by atoms with Crippen molar-refractivity contribution < 1.29 is 23.8 Å². The van der Waals surface area contributed by atoms with Gasteiger partial charge >= 0.3 is 11.9 Å². The molecule has 1 N–H and O–H groups in total. The maximum Gasteiger partial charge on any atom is 0.320 e. The fraction of sp³-hybridized carbons (Fsp3) is 0.333. The molecule has 1 rings (SSSR count). The van der Waals surface area contributed by atoms with Crippen LogP contribution >= 0.6 is 0 Å². The van der Waals surface area contributed by atoms with Gasteiger partial charge in [0.05, 0.1) is 13.4 Å². The van der Waals surface area contributed by atoms with Crippen LogP contribution < -0.4 is 0 Å². The Morgan fingerprint density at radius 3 is 2.79 bits per heavy atom. The first-order chi connectivity index (χ1) is 6.65. The van der Waals surface area contributed by atoms with Gasteiger partial charge in [-0.25, -0.2) is 0 Å². The molecular formula is C9H10O5. The van der Waals surface area contributed by atoms with Crippen LogP contribution in [0.5, 0.6) is 0 Å². The molecule has 0 aliphatic heterocycles. The lowest BCUT2D eigenvalue weighted by molar-refractivity contribution is -0.156. The molecule has 5 heteroatoms. The van der Waals surface area contributed by atoms with Gasteiger partial charge in [0.25, 0.3) is 0 Å². The average molecular weight is 198 g/mol. The summed E-state index contributed by atoms with van der Waals surface area (Å²) >= 11 is 0. The van der Waals surface area contributed by atoms with Crippen molar-refractivity contribution >= 4 is 11.9 Å². The lowest BCUT2D eigenvalue weighted by Gasteiger charge is -2.07. The van der Waals surface area contributed by atoms with Crippen molar-refractivity contribution in [3.8, 4) is 0 Å². The Hall–Kier alpha value is -1.78. The standard InChI is InChI=1S/C9H10O5/c1-13-9(12)7(8(10)11)5-6-3-2-4-14-6/h2-4,7H,5H2,1H3,(H,10,11)/t7-/m0/s1. The summed E-state index contributed by atoms with van der Waals surface area (Å²) in [5.74, 6) is -2.74. The van der Waals surface area contributed by atoms with Crippen LogP contribution in [0.25, 0.3) is 0 Å². The molecule has 14 heavy (non-hydrogen) atoms. The van der Waals surface area contributed by atoms with Gasteiger partial charge in [0, 0.05) is 6.42 Å². The van der Waals surface area contributed by atoms with Crippen molar-refractivity contribution in [2.45, 2.75) is 6.42 Å². The van der Waals surface area contributed by atoms with Crippen LogP contribution in [0.1, 0.15) is 5.76 Å². The summed E-state index contributed by atoms with van der Waals surface area (Å²) in [6, 6.07) is 3.24. The number of carboxylic acid groups (broad SMARTS) is 1. The molecule has 0 saturated carbocycles. The second kappa shape index (κ2) is 4.45. The molecule has 76 valence electrons. The number of hydrogen-bond acceptors (Lipinski definition) is 4. The molecule has 5 nitrogen and oxygen atoms in total. The lowest BCUT2D eigenvalue weighted by Crippen LogP contribution is -2.26. The van der Waals surface area contributed by atoms with Crippen molar-refractivity contribution in [2.24, 2.45) is 5.92 Å². The lowest BCUT2D eigenvalue weighted by atomic mass is 10.0. The highest BCUT2D eigenvalue weighted by Gasteiger charge is 2.28. The third-order valence-corrected chi connectivity index (χ3v) is 1.77. The topological polar surface area (TPSA) is 76.7 Å². The molecule has 1 aromatic heterocycles.